The number of hydrogen-bond donors (Lipinski definition) is 0. The van der Waals surface area contributed by atoms with Gasteiger partial charge in [0.15, 0.2) is 0 Å². The number of ether oxygens (including phenoxy) is 3. The third kappa shape index (κ3) is 3.26. The highest BCUT2D eigenvalue weighted by atomic mass is 16.5. The normalized spacial score (nSPS) is 21.9. The predicted molar refractivity (Wildman–Crippen MR) is 70.7 cm³/mol. The molecule has 3 heteroatoms. The van der Waals surface area contributed by atoms with E-state index in [-0.39, 0.29) is 0 Å². The van der Waals surface area contributed by atoms with Crippen LogP contribution in [0.2, 0.25) is 0 Å². The summed E-state index contributed by atoms with van der Waals surface area (Å²) in [6.07, 6.45) is 3.91. The molecule has 0 bridgehead atoms. The average Bonchev–Trinajstić information content (AvgIpc) is 2.42. The Bertz CT molecular complexity index is 395. The van der Waals surface area contributed by atoms with E-state index < -0.39 is 0 Å². The van der Waals surface area contributed by atoms with Crippen LogP contribution >= 0.6 is 0 Å². The maximum atomic E-state index is 5.47. The number of rotatable bonds is 4. The summed E-state index contributed by atoms with van der Waals surface area (Å²) in [4.78, 5) is 0. The van der Waals surface area contributed by atoms with E-state index in [1.54, 1.807) is 14.2 Å². The molecule has 0 amide bonds. The van der Waals surface area contributed by atoms with E-state index in [0.29, 0.717) is 12.5 Å². The summed E-state index contributed by atoms with van der Waals surface area (Å²) in [7, 11) is 3.37. The molecule has 1 heterocycles. The minimum atomic E-state index is 0.520. The van der Waals surface area contributed by atoms with Gasteiger partial charge in [-0.2, -0.15) is 0 Å². The zero-order valence-corrected chi connectivity index (χ0v) is 11.0. The number of hydrogen-bond acceptors (Lipinski definition) is 3. The molecule has 1 aromatic rings. The smallest absolute Gasteiger partial charge is 0.118 e. The molecule has 1 aliphatic rings. The van der Waals surface area contributed by atoms with E-state index in [1.807, 2.05) is 18.4 Å². The minimum Gasteiger partial charge on any atom is -0.504 e. The van der Waals surface area contributed by atoms with Crippen molar-refractivity contribution < 1.29 is 14.2 Å². The third-order valence-electron chi connectivity index (χ3n) is 3.31. The lowest BCUT2D eigenvalue weighted by atomic mass is 9.89. The number of methoxy groups -OCH3 is 2. The van der Waals surface area contributed by atoms with Crippen molar-refractivity contribution in [2.24, 2.45) is 5.92 Å². The fraction of sp³-hybridized carbons (Fsp3) is 0.467. The quantitative estimate of drug-likeness (QED) is 0.767. The third-order valence-corrected chi connectivity index (χ3v) is 3.31. The Balaban J connectivity index is 2.03. The van der Waals surface area contributed by atoms with Crippen molar-refractivity contribution in [2.75, 3.05) is 27.4 Å². The Morgan fingerprint density at radius 2 is 2.06 bits per heavy atom. The molecule has 2 rings (SSSR count). The van der Waals surface area contributed by atoms with Gasteiger partial charge in [0, 0.05) is 6.61 Å². The molecule has 0 spiro atoms. The van der Waals surface area contributed by atoms with Crippen LogP contribution in [0.25, 0.3) is 0 Å². The molecule has 1 saturated heterocycles. The van der Waals surface area contributed by atoms with Gasteiger partial charge in [0.25, 0.3) is 0 Å². The van der Waals surface area contributed by atoms with Gasteiger partial charge in [-0.1, -0.05) is 12.1 Å². The molecule has 0 radical (unpaired) electrons. The van der Waals surface area contributed by atoms with Crippen LogP contribution < -0.4 is 4.74 Å². The standard InChI is InChI=1S/C15H20O3/c1-16-10-14-11-18-8-7-13(14)9-12-3-5-15(17-2)6-4-12/h3-6,10,13H,7-9,11H2,1-2H3. The van der Waals surface area contributed by atoms with Crippen LogP contribution in [0.3, 0.4) is 0 Å². The monoisotopic (exact) mass is 248 g/mol. The summed E-state index contributed by atoms with van der Waals surface area (Å²) in [5, 5.41) is 0. The van der Waals surface area contributed by atoms with Crippen molar-refractivity contribution >= 4 is 0 Å². The van der Waals surface area contributed by atoms with Crippen LogP contribution in [0.5, 0.6) is 5.75 Å². The molecule has 18 heavy (non-hydrogen) atoms. The fourth-order valence-electron chi connectivity index (χ4n) is 2.28. The Hall–Kier alpha value is -1.48. The lowest BCUT2D eigenvalue weighted by molar-refractivity contribution is 0.103. The topological polar surface area (TPSA) is 27.7 Å². The van der Waals surface area contributed by atoms with Gasteiger partial charge in [-0.25, -0.2) is 0 Å². The van der Waals surface area contributed by atoms with Gasteiger partial charge in [-0.15, -0.1) is 0 Å². The van der Waals surface area contributed by atoms with E-state index in [4.69, 9.17) is 14.2 Å². The van der Waals surface area contributed by atoms with Crippen molar-refractivity contribution in [1.29, 1.82) is 0 Å². The molecule has 98 valence electrons. The first-order valence-electron chi connectivity index (χ1n) is 6.26. The van der Waals surface area contributed by atoms with Crippen LogP contribution in [0.1, 0.15) is 12.0 Å². The second-order valence-corrected chi connectivity index (χ2v) is 4.52. The highest BCUT2D eigenvalue weighted by Crippen LogP contribution is 2.25. The lowest BCUT2D eigenvalue weighted by Gasteiger charge is -2.25. The van der Waals surface area contributed by atoms with Crippen molar-refractivity contribution in [3.8, 4) is 5.75 Å². The first kappa shape index (κ1) is 13.0. The Kier molecular flexibility index (Phi) is 4.65. The van der Waals surface area contributed by atoms with E-state index in [0.717, 1.165) is 25.2 Å². The summed E-state index contributed by atoms with van der Waals surface area (Å²) in [5.41, 5.74) is 2.57. The highest BCUT2D eigenvalue weighted by Gasteiger charge is 2.20. The summed E-state index contributed by atoms with van der Waals surface area (Å²) >= 11 is 0. The zero-order chi connectivity index (χ0) is 12.8. The average molecular weight is 248 g/mol. The lowest BCUT2D eigenvalue weighted by Crippen LogP contribution is -2.21. The Labute approximate surface area is 108 Å². The van der Waals surface area contributed by atoms with Crippen LogP contribution in [0.15, 0.2) is 36.1 Å². The van der Waals surface area contributed by atoms with Crippen molar-refractivity contribution in [2.45, 2.75) is 12.8 Å². The first-order chi connectivity index (χ1) is 8.83. The predicted octanol–water partition coefficient (Wildman–Crippen LogP) is 2.80. The SMILES string of the molecule is COC=C1COCCC1Cc1ccc(OC)cc1. The molecule has 0 saturated carbocycles. The van der Waals surface area contributed by atoms with Gasteiger partial charge in [0.2, 0.25) is 0 Å². The minimum absolute atomic E-state index is 0.520. The maximum Gasteiger partial charge on any atom is 0.118 e. The fourth-order valence-corrected chi connectivity index (χ4v) is 2.28. The van der Waals surface area contributed by atoms with Gasteiger partial charge in [-0.05, 0) is 42.0 Å². The molecule has 1 unspecified atom stereocenters. The molecular formula is C15H20O3. The second-order valence-electron chi connectivity index (χ2n) is 4.52. The molecule has 0 aliphatic carbocycles. The van der Waals surface area contributed by atoms with Crippen LogP contribution in [-0.2, 0) is 15.9 Å². The zero-order valence-electron chi connectivity index (χ0n) is 11.0. The van der Waals surface area contributed by atoms with Crippen molar-refractivity contribution in [3.05, 3.63) is 41.7 Å². The van der Waals surface area contributed by atoms with Gasteiger partial charge >= 0.3 is 0 Å². The van der Waals surface area contributed by atoms with E-state index in [9.17, 15) is 0 Å². The molecule has 0 aromatic heterocycles. The highest BCUT2D eigenvalue weighted by molar-refractivity contribution is 5.28. The summed E-state index contributed by atoms with van der Waals surface area (Å²) in [5.74, 6) is 1.42. The van der Waals surface area contributed by atoms with Gasteiger partial charge in [0.05, 0.1) is 27.1 Å². The van der Waals surface area contributed by atoms with E-state index in [1.165, 1.54) is 11.1 Å². The van der Waals surface area contributed by atoms with Gasteiger partial charge in [0.1, 0.15) is 5.75 Å². The summed E-state index contributed by atoms with van der Waals surface area (Å²) in [6, 6.07) is 8.26. The molecule has 1 atom stereocenters. The molecule has 1 aromatic carbocycles. The first-order valence-corrected chi connectivity index (χ1v) is 6.26. The van der Waals surface area contributed by atoms with Gasteiger partial charge < -0.3 is 14.2 Å². The molecule has 1 aliphatic heterocycles. The van der Waals surface area contributed by atoms with Crippen molar-refractivity contribution in [1.82, 2.24) is 0 Å². The molecule has 1 fully saturated rings. The molecule has 3 nitrogen and oxygen atoms in total. The number of benzene rings is 1. The van der Waals surface area contributed by atoms with Crippen LogP contribution in [0, 0.1) is 5.92 Å². The van der Waals surface area contributed by atoms with E-state index >= 15 is 0 Å². The second kappa shape index (κ2) is 6.45. The molecular weight excluding hydrogens is 228 g/mol. The van der Waals surface area contributed by atoms with Gasteiger partial charge in [-0.3, -0.25) is 0 Å². The van der Waals surface area contributed by atoms with Crippen LogP contribution in [-0.4, -0.2) is 27.4 Å². The summed E-state index contributed by atoms with van der Waals surface area (Å²) in [6.45, 7) is 1.52. The Morgan fingerprint density at radius 1 is 1.28 bits per heavy atom. The van der Waals surface area contributed by atoms with Crippen LogP contribution in [0.4, 0.5) is 0 Å². The van der Waals surface area contributed by atoms with Crippen molar-refractivity contribution in [3.63, 3.8) is 0 Å². The molecule has 0 N–H and O–H groups in total. The maximum absolute atomic E-state index is 5.47. The van der Waals surface area contributed by atoms with E-state index in [2.05, 4.69) is 12.1 Å². The Morgan fingerprint density at radius 3 is 2.72 bits per heavy atom. The summed E-state index contributed by atoms with van der Waals surface area (Å²) < 4.78 is 15.8. The largest absolute Gasteiger partial charge is 0.504 e.